The summed E-state index contributed by atoms with van der Waals surface area (Å²) in [7, 11) is 0. The highest BCUT2D eigenvalue weighted by atomic mass is 16.6. The summed E-state index contributed by atoms with van der Waals surface area (Å²) in [6.45, 7) is 6.27. The van der Waals surface area contributed by atoms with Crippen LogP contribution in [-0.2, 0) is 4.74 Å². The van der Waals surface area contributed by atoms with E-state index in [1.807, 2.05) is 32.9 Å². The zero-order chi connectivity index (χ0) is 12.7. The summed E-state index contributed by atoms with van der Waals surface area (Å²) in [4.78, 5) is 11.3. The third-order valence-electron chi connectivity index (χ3n) is 1.72. The fraction of sp³-hybridized carbons (Fsp3) is 0.462. The fourth-order valence-corrected chi connectivity index (χ4v) is 1.10. The molecular formula is C13H18NO3. The molecule has 0 aliphatic rings. The Morgan fingerprint density at radius 1 is 1.47 bits per heavy atom. The van der Waals surface area contributed by atoms with E-state index in [4.69, 9.17) is 9.47 Å². The van der Waals surface area contributed by atoms with Crippen LogP contribution in [0.15, 0.2) is 24.3 Å². The van der Waals surface area contributed by atoms with Crippen LogP contribution < -0.4 is 10.1 Å². The number of hydrogen-bond donors (Lipinski definition) is 1. The van der Waals surface area contributed by atoms with Gasteiger partial charge >= 0.3 is 6.09 Å². The summed E-state index contributed by atoms with van der Waals surface area (Å²) in [5, 5.41) is 2.61. The van der Waals surface area contributed by atoms with Crippen LogP contribution in [0, 0.1) is 6.07 Å². The molecule has 4 heteroatoms. The summed E-state index contributed by atoms with van der Waals surface area (Å²) in [5.74, 6) is 0.735. The largest absolute Gasteiger partial charge is 0.492 e. The predicted molar refractivity (Wildman–Crippen MR) is 65.0 cm³/mol. The van der Waals surface area contributed by atoms with Gasteiger partial charge in [0.05, 0.1) is 6.54 Å². The van der Waals surface area contributed by atoms with Crippen molar-refractivity contribution in [3.63, 3.8) is 0 Å². The summed E-state index contributed by atoms with van der Waals surface area (Å²) in [6.07, 6.45) is -0.430. The maximum Gasteiger partial charge on any atom is 0.407 e. The SMILES string of the molecule is CC(C)(C)OC(=O)NCCOc1c[c]ccc1. The normalized spacial score (nSPS) is 10.8. The first-order valence-electron chi connectivity index (χ1n) is 5.53. The lowest BCUT2D eigenvalue weighted by Gasteiger charge is -2.19. The van der Waals surface area contributed by atoms with Crippen molar-refractivity contribution in [2.24, 2.45) is 0 Å². The average molecular weight is 236 g/mol. The monoisotopic (exact) mass is 236 g/mol. The van der Waals surface area contributed by atoms with Gasteiger partial charge in [0.15, 0.2) is 0 Å². The van der Waals surface area contributed by atoms with Crippen LogP contribution in [0.2, 0.25) is 0 Å². The van der Waals surface area contributed by atoms with Gasteiger partial charge < -0.3 is 14.8 Å². The highest BCUT2D eigenvalue weighted by Crippen LogP contribution is 2.07. The number of benzene rings is 1. The van der Waals surface area contributed by atoms with E-state index in [1.54, 1.807) is 12.1 Å². The molecule has 1 radical (unpaired) electrons. The first kappa shape index (κ1) is 13.4. The summed E-state index contributed by atoms with van der Waals surface area (Å²) in [5.41, 5.74) is -0.473. The number of alkyl carbamates (subject to hydrolysis) is 1. The number of carbonyl (C=O) groups is 1. The molecule has 17 heavy (non-hydrogen) atoms. The molecule has 0 fully saturated rings. The lowest BCUT2D eigenvalue weighted by molar-refractivity contribution is 0.0520. The molecule has 0 saturated heterocycles. The van der Waals surface area contributed by atoms with E-state index in [-0.39, 0.29) is 0 Å². The average Bonchev–Trinajstić information content (AvgIpc) is 2.23. The maximum absolute atomic E-state index is 11.3. The van der Waals surface area contributed by atoms with Crippen molar-refractivity contribution in [3.8, 4) is 5.75 Å². The molecule has 1 aromatic rings. The Balaban J connectivity index is 2.14. The summed E-state index contributed by atoms with van der Waals surface area (Å²) in [6, 6.07) is 10.1. The van der Waals surface area contributed by atoms with Crippen molar-refractivity contribution < 1.29 is 14.3 Å². The van der Waals surface area contributed by atoms with E-state index in [0.717, 1.165) is 5.75 Å². The van der Waals surface area contributed by atoms with Gasteiger partial charge in [-0.2, -0.15) is 0 Å². The number of ether oxygens (including phenoxy) is 2. The summed E-state index contributed by atoms with van der Waals surface area (Å²) >= 11 is 0. The number of nitrogens with one attached hydrogen (secondary N) is 1. The van der Waals surface area contributed by atoms with Crippen molar-refractivity contribution in [1.82, 2.24) is 5.32 Å². The van der Waals surface area contributed by atoms with Crippen LogP contribution in [0.25, 0.3) is 0 Å². The zero-order valence-electron chi connectivity index (χ0n) is 10.4. The van der Waals surface area contributed by atoms with E-state index in [2.05, 4.69) is 11.4 Å². The van der Waals surface area contributed by atoms with Gasteiger partial charge in [-0.05, 0) is 39.0 Å². The molecule has 1 aromatic carbocycles. The Kier molecular flexibility index (Phi) is 4.82. The second-order valence-corrected chi connectivity index (χ2v) is 4.52. The van der Waals surface area contributed by atoms with Crippen molar-refractivity contribution in [2.75, 3.05) is 13.2 Å². The van der Waals surface area contributed by atoms with Crippen molar-refractivity contribution in [1.29, 1.82) is 0 Å². The van der Waals surface area contributed by atoms with E-state index >= 15 is 0 Å². The third-order valence-corrected chi connectivity index (χ3v) is 1.72. The zero-order valence-corrected chi connectivity index (χ0v) is 10.4. The molecule has 1 rings (SSSR count). The molecular weight excluding hydrogens is 218 g/mol. The number of hydrogen-bond acceptors (Lipinski definition) is 3. The van der Waals surface area contributed by atoms with Gasteiger partial charge in [0, 0.05) is 0 Å². The quantitative estimate of drug-likeness (QED) is 0.816. The topological polar surface area (TPSA) is 47.6 Å². The van der Waals surface area contributed by atoms with Gasteiger partial charge in [-0.15, -0.1) is 0 Å². The highest BCUT2D eigenvalue weighted by Gasteiger charge is 2.15. The van der Waals surface area contributed by atoms with Gasteiger partial charge in [0.2, 0.25) is 0 Å². The molecule has 0 aliphatic carbocycles. The molecule has 0 atom stereocenters. The van der Waals surface area contributed by atoms with Crippen molar-refractivity contribution in [2.45, 2.75) is 26.4 Å². The molecule has 1 amide bonds. The fourth-order valence-electron chi connectivity index (χ4n) is 1.10. The minimum atomic E-state index is -0.473. The van der Waals surface area contributed by atoms with Gasteiger partial charge in [0.25, 0.3) is 0 Å². The molecule has 0 aromatic heterocycles. The summed E-state index contributed by atoms with van der Waals surface area (Å²) < 4.78 is 10.5. The molecule has 0 saturated carbocycles. The molecule has 4 nitrogen and oxygen atoms in total. The Labute approximate surface area is 102 Å². The maximum atomic E-state index is 11.3. The van der Waals surface area contributed by atoms with Crippen molar-refractivity contribution in [3.05, 3.63) is 30.3 Å². The lowest BCUT2D eigenvalue weighted by Crippen LogP contribution is -2.34. The van der Waals surface area contributed by atoms with Crippen LogP contribution in [0.1, 0.15) is 20.8 Å². The smallest absolute Gasteiger partial charge is 0.407 e. The Bertz CT molecular complexity index is 343. The molecule has 0 spiro atoms. The van der Waals surface area contributed by atoms with Gasteiger partial charge in [0.1, 0.15) is 18.0 Å². The second kappa shape index (κ2) is 6.13. The molecule has 0 unspecified atom stereocenters. The first-order chi connectivity index (χ1) is 7.97. The Morgan fingerprint density at radius 2 is 2.24 bits per heavy atom. The highest BCUT2D eigenvalue weighted by molar-refractivity contribution is 5.67. The van der Waals surface area contributed by atoms with Crippen LogP contribution in [0.3, 0.4) is 0 Å². The molecule has 1 N–H and O–H groups in total. The molecule has 93 valence electrons. The standard InChI is InChI=1S/C13H18NO3/c1-13(2,3)17-12(15)14-9-10-16-11-7-5-4-6-8-11/h4-5,7-8H,9-10H2,1-3H3,(H,14,15). The predicted octanol–water partition coefficient (Wildman–Crippen LogP) is 2.39. The number of carbonyl (C=O) groups excluding carboxylic acids is 1. The van der Waals surface area contributed by atoms with Crippen LogP contribution in [-0.4, -0.2) is 24.8 Å². The van der Waals surface area contributed by atoms with E-state index in [9.17, 15) is 4.79 Å². The van der Waals surface area contributed by atoms with Crippen LogP contribution in [0.5, 0.6) is 5.75 Å². The van der Waals surface area contributed by atoms with E-state index in [1.165, 1.54) is 0 Å². The second-order valence-electron chi connectivity index (χ2n) is 4.52. The molecule has 0 aliphatic heterocycles. The molecule has 0 bridgehead atoms. The van der Waals surface area contributed by atoms with Gasteiger partial charge in [-0.25, -0.2) is 4.79 Å². The minimum absolute atomic E-state index is 0.400. The first-order valence-corrected chi connectivity index (χ1v) is 5.53. The third kappa shape index (κ3) is 6.45. The molecule has 0 heterocycles. The van der Waals surface area contributed by atoms with Gasteiger partial charge in [-0.1, -0.05) is 12.1 Å². The minimum Gasteiger partial charge on any atom is -0.492 e. The number of amides is 1. The van der Waals surface area contributed by atoms with Crippen LogP contribution >= 0.6 is 0 Å². The Hall–Kier alpha value is -1.71. The Morgan fingerprint density at radius 3 is 2.82 bits per heavy atom. The van der Waals surface area contributed by atoms with E-state index < -0.39 is 11.7 Å². The number of rotatable bonds is 4. The van der Waals surface area contributed by atoms with Gasteiger partial charge in [-0.3, -0.25) is 0 Å². The van der Waals surface area contributed by atoms with Crippen molar-refractivity contribution >= 4 is 6.09 Å². The van der Waals surface area contributed by atoms with E-state index in [0.29, 0.717) is 13.2 Å². The lowest BCUT2D eigenvalue weighted by atomic mass is 10.2. The van der Waals surface area contributed by atoms with Crippen LogP contribution in [0.4, 0.5) is 4.79 Å².